The molecule has 1 aliphatic heterocycles. The Labute approximate surface area is 93.3 Å². The first-order valence-corrected chi connectivity index (χ1v) is 5.24. The summed E-state index contributed by atoms with van der Waals surface area (Å²) in [4.78, 5) is 11.6. The number of aromatic nitrogens is 2. The topological polar surface area (TPSA) is 79.4 Å². The fraction of sp³-hybridized carbons (Fsp3) is 0.600. The molecule has 1 fully saturated rings. The molecule has 2 N–H and O–H groups in total. The SMILES string of the molecule is Cn1cc(N)c(C(=O)OCC2CCCO2)n1. The molecule has 88 valence electrons. The summed E-state index contributed by atoms with van der Waals surface area (Å²) < 4.78 is 11.9. The fourth-order valence-electron chi connectivity index (χ4n) is 1.68. The summed E-state index contributed by atoms with van der Waals surface area (Å²) in [5, 5.41) is 3.93. The van der Waals surface area contributed by atoms with Gasteiger partial charge in [-0.2, -0.15) is 5.10 Å². The van der Waals surface area contributed by atoms with Crippen molar-refractivity contribution in [3.63, 3.8) is 0 Å². The Morgan fingerprint density at radius 2 is 2.62 bits per heavy atom. The van der Waals surface area contributed by atoms with E-state index in [0.29, 0.717) is 5.69 Å². The molecule has 6 nitrogen and oxygen atoms in total. The molecule has 0 radical (unpaired) electrons. The number of ether oxygens (including phenoxy) is 2. The highest BCUT2D eigenvalue weighted by Gasteiger charge is 2.20. The van der Waals surface area contributed by atoms with E-state index in [-0.39, 0.29) is 18.4 Å². The van der Waals surface area contributed by atoms with Crippen molar-refractivity contribution in [3.05, 3.63) is 11.9 Å². The van der Waals surface area contributed by atoms with E-state index in [2.05, 4.69) is 5.10 Å². The molecule has 1 saturated heterocycles. The van der Waals surface area contributed by atoms with E-state index in [1.165, 1.54) is 4.68 Å². The lowest BCUT2D eigenvalue weighted by Crippen LogP contribution is -2.18. The van der Waals surface area contributed by atoms with Gasteiger partial charge in [-0.25, -0.2) is 4.79 Å². The lowest BCUT2D eigenvalue weighted by Gasteiger charge is -2.09. The number of anilines is 1. The Morgan fingerprint density at radius 3 is 3.19 bits per heavy atom. The number of hydrogen-bond acceptors (Lipinski definition) is 5. The predicted molar refractivity (Wildman–Crippen MR) is 56.9 cm³/mol. The van der Waals surface area contributed by atoms with E-state index in [1.54, 1.807) is 13.2 Å². The fourth-order valence-corrected chi connectivity index (χ4v) is 1.68. The van der Waals surface area contributed by atoms with Crippen molar-refractivity contribution in [1.29, 1.82) is 0 Å². The van der Waals surface area contributed by atoms with E-state index >= 15 is 0 Å². The van der Waals surface area contributed by atoms with Crippen LogP contribution in [0.4, 0.5) is 5.69 Å². The lowest BCUT2D eigenvalue weighted by atomic mass is 10.2. The third-order valence-electron chi connectivity index (χ3n) is 2.47. The Hall–Kier alpha value is -1.56. The molecule has 0 aromatic carbocycles. The van der Waals surface area contributed by atoms with E-state index in [0.717, 1.165) is 19.4 Å². The number of carbonyl (C=O) groups is 1. The average Bonchev–Trinajstić information content (AvgIpc) is 2.84. The number of aryl methyl sites for hydroxylation is 1. The highest BCUT2D eigenvalue weighted by Crippen LogP contribution is 2.14. The molecule has 1 unspecified atom stereocenters. The number of hydrogen-bond donors (Lipinski definition) is 1. The molecule has 0 aliphatic carbocycles. The molecular formula is C10H15N3O3. The van der Waals surface area contributed by atoms with Crippen LogP contribution in [-0.2, 0) is 16.5 Å². The molecule has 6 heteroatoms. The molecule has 1 atom stereocenters. The van der Waals surface area contributed by atoms with Crippen LogP contribution in [0.5, 0.6) is 0 Å². The van der Waals surface area contributed by atoms with Gasteiger partial charge in [-0.3, -0.25) is 4.68 Å². The van der Waals surface area contributed by atoms with Crippen LogP contribution in [0.1, 0.15) is 23.3 Å². The molecule has 1 aromatic rings. The molecule has 1 aliphatic rings. The van der Waals surface area contributed by atoms with Crippen molar-refractivity contribution in [2.75, 3.05) is 18.9 Å². The number of esters is 1. The summed E-state index contributed by atoms with van der Waals surface area (Å²) >= 11 is 0. The second-order valence-corrected chi connectivity index (χ2v) is 3.84. The van der Waals surface area contributed by atoms with Gasteiger partial charge in [-0.1, -0.05) is 0 Å². The highest BCUT2D eigenvalue weighted by atomic mass is 16.6. The van der Waals surface area contributed by atoms with E-state index in [9.17, 15) is 4.79 Å². The van der Waals surface area contributed by atoms with Gasteiger partial charge in [0.25, 0.3) is 0 Å². The Balaban J connectivity index is 1.90. The monoisotopic (exact) mass is 225 g/mol. The predicted octanol–water partition coefficient (Wildman–Crippen LogP) is 0.338. The minimum absolute atomic E-state index is 0.0221. The minimum Gasteiger partial charge on any atom is -0.458 e. The number of nitrogens with zero attached hydrogens (tertiary/aromatic N) is 2. The number of nitrogens with two attached hydrogens (primary N) is 1. The number of rotatable bonds is 3. The van der Waals surface area contributed by atoms with E-state index in [4.69, 9.17) is 15.2 Å². The zero-order chi connectivity index (χ0) is 11.5. The largest absolute Gasteiger partial charge is 0.458 e. The Morgan fingerprint density at radius 1 is 1.81 bits per heavy atom. The van der Waals surface area contributed by atoms with Gasteiger partial charge in [0.2, 0.25) is 0 Å². The van der Waals surface area contributed by atoms with Crippen LogP contribution >= 0.6 is 0 Å². The quantitative estimate of drug-likeness (QED) is 0.750. The van der Waals surface area contributed by atoms with Gasteiger partial charge in [0, 0.05) is 19.9 Å². The summed E-state index contributed by atoms with van der Waals surface area (Å²) in [5.74, 6) is -0.492. The molecule has 16 heavy (non-hydrogen) atoms. The van der Waals surface area contributed by atoms with Crippen LogP contribution in [0, 0.1) is 0 Å². The van der Waals surface area contributed by atoms with Crippen LogP contribution < -0.4 is 5.73 Å². The second-order valence-electron chi connectivity index (χ2n) is 3.84. The number of carbonyl (C=O) groups excluding carboxylic acids is 1. The molecule has 2 heterocycles. The normalized spacial score (nSPS) is 19.9. The van der Waals surface area contributed by atoms with Gasteiger partial charge in [0.1, 0.15) is 6.61 Å². The summed E-state index contributed by atoms with van der Waals surface area (Å²) in [6.07, 6.45) is 3.55. The molecule has 1 aromatic heterocycles. The zero-order valence-corrected chi connectivity index (χ0v) is 9.18. The van der Waals surface area contributed by atoms with Gasteiger partial charge in [0.15, 0.2) is 5.69 Å². The van der Waals surface area contributed by atoms with Gasteiger partial charge >= 0.3 is 5.97 Å². The number of nitrogen functional groups attached to an aromatic ring is 1. The van der Waals surface area contributed by atoms with Crippen molar-refractivity contribution < 1.29 is 14.3 Å². The zero-order valence-electron chi connectivity index (χ0n) is 9.18. The maximum Gasteiger partial charge on any atom is 0.361 e. The summed E-state index contributed by atoms with van der Waals surface area (Å²) in [7, 11) is 1.70. The van der Waals surface area contributed by atoms with Gasteiger partial charge in [0.05, 0.1) is 11.8 Å². The first-order valence-electron chi connectivity index (χ1n) is 5.24. The lowest BCUT2D eigenvalue weighted by molar-refractivity contribution is 0.0156. The summed E-state index contributed by atoms with van der Waals surface area (Å²) in [6, 6.07) is 0. The molecule has 0 saturated carbocycles. The van der Waals surface area contributed by atoms with Crippen molar-refractivity contribution in [2.24, 2.45) is 7.05 Å². The van der Waals surface area contributed by atoms with Crippen LogP contribution in [0.15, 0.2) is 6.20 Å². The summed E-state index contributed by atoms with van der Waals surface area (Å²) in [6.45, 7) is 1.02. The van der Waals surface area contributed by atoms with Gasteiger partial charge in [-0.05, 0) is 12.8 Å². The molecule has 2 rings (SSSR count). The Bertz CT molecular complexity index is 383. The van der Waals surface area contributed by atoms with Gasteiger partial charge < -0.3 is 15.2 Å². The Kier molecular flexibility index (Phi) is 3.09. The highest BCUT2D eigenvalue weighted by molar-refractivity contribution is 5.92. The van der Waals surface area contributed by atoms with Crippen LogP contribution in [0.25, 0.3) is 0 Å². The van der Waals surface area contributed by atoms with E-state index < -0.39 is 5.97 Å². The van der Waals surface area contributed by atoms with Crippen LogP contribution in [0.2, 0.25) is 0 Å². The van der Waals surface area contributed by atoms with Crippen molar-refractivity contribution >= 4 is 11.7 Å². The first kappa shape index (κ1) is 10.9. The maximum atomic E-state index is 11.6. The average molecular weight is 225 g/mol. The first-order chi connectivity index (χ1) is 7.66. The third kappa shape index (κ3) is 2.33. The molecule has 0 amide bonds. The minimum atomic E-state index is -0.492. The second kappa shape index (κ2) is 4.52. The smallest absolute Gasteiger partial charge is 0.361 e. The van der Waals surface area contributed by atoms with E-state index in [1.807, 2.05) is 0 Å². The van der Waals surface area contributed by atoms with Crippen molar-refractivity contribution in [3.8, 4) is 0 Å². The van der Waals surface area contributed by atoms with Crippen molar-refractivity contribution in [2.45, 2.75) is 18.9 Å². The van der Waals surface area contributed by atoms with Crippen molar-refractivity contribution in [1.82, 2.24) is 9.78 Å². The molecule has 0 bridgehead atoms. The maximum absolute atomic E-state index is 11.6. The standard InChI is InChI=1S/C10H15N3O3/c1-13-5-8(11)9(12-13)10(14)16-6-7-3-2-4-15-7/h5,7H,2-4,6,11H2,1H3. The van der Waals surface area contributed by atoms with Crippen LogP contribution in [-0.4, -0.2) is 35.1 Å². The van der Waals surface area contributed by atoms with Gasteiger partial charge in [-0.15, -0.1) is 0 Å². The summed E-state index contributed by atoms with van der Waals surface area (Å²) in [5.41, 5.74) is 6.11. The molecular weight excluding hydrogens is 210 g/mol. The molecule has 0 spiro atoms. The van der Waals surface area contributed by atoms with Crippen LogP contribution in [0.3, 0.4) is 0 Å². The third-order valence-corrected chi connectivity index (χ3v) is 2.47.